The highest BCUT2D eigenvalue weighted by Crippen LogP contribution is 2.42. The maximum atomic E-state index is 13.6. The summed E-state index contributed by atoms with van der Waals surface area (Å²) in [6.07, 6.45) is 4.81. The Morgan fingerprint density at radius 1 is 1.18 bits per heavy atom. The first kappa shape index (κ1) is 17.2. The molecule has 2 fully saturated rings. The Hall–Kier alpha value is -1.20. The van der Waals surface area contributed by atoms with Gasteiger partial charge in [0.05, 0.1) is 5.69 Å². The average molecular weight is 331 g/mol. The van der Waals surface area contributed by atoms with E-state index in [1.807, 2.05) is 0 Å². The fourth-order valence-electron chi connectivity index (χ4n) is 3.84. The summed E-state index contributed by atoms with van der Waals surface area (Å²) in [5, 5.41) is 2.53. The molecule has 2 aliphatic rings. The topological polar surface area (TPSA) is 55.1 Å². The molecule has 1 aromatic carbocycles. The van der Waals surface area contributed by atoms with E-state index < -0.39 is 11.6 Å². The van der Waals surface area contributed by atoms with Crippen LogP contribution in [0.3, 0.4) is 0 Å². The summed E-state index contributed by atoms with van der Waals surface area (Å²) in [6, 6.07) is 3.99. The molecular formula is C16H21ClF2N2O. The summed E-state index contributed by atoms with van der Waals surface area (Å²) < 4.78 is 26.8. The van der Waals surface area contributed by atoms with Gasteiger partial charge in [0.15, 0.2) is 11.6 Å². The molecule has 6 heteroatoms. The van der Waals surface area contributed by atoms with Crippen LogP contribution in [0.2, 0.25) is 0 Å². The number of rotatable bonds is 2. The lowest BCUT2D eigenvalue weighted by atomic mass is 9.65. The van der Waals surface area contributed by atoms with E-state index in [0.29, 0.717) is 11.8 Å². The molecule has 1 aromatic rings. The first-order valence-corrected chi connectivity index (χ1v) is 7.56. The SMILES string of the molecule is Cl.NC1C2CCCC1CC(C(=O)Nc1cccc(F)c1F)C2. The van der Waals surface area contributed by atoms with Crippen molar-refractivity contribution in [2.75, 3.05) is 5.32 Å². The van der Waals surface area contributed by atoms with Crippen LogP contribution in [-0.2, 0) is 4.79 Å². The van der Waals surface area contributed by atoms with Crippen LogP contribution in [-0.4, -0.2) is 11.9 Å². The van der Waals surface area contributed by atoms with E-state index in [0.717, 1.165) is 31.7 Å². The molecule has 1 amide bonds. The number of carbonyl (C=O) groups is 1. The third kappa shape index (κ3) is 3.25. The molecule has 2 aliphatic carbocycles. The highest BCUT2D eigenvalue weighted by atomic mass is 35.5. The Morgan fingerprint density at radius 2 is 1.82 bits per heavy atom. The molecule has 22 heavy (non-hydrogen) atoms. The van der Waals surface area contributed by atoms with Gasteiger partial charge in [0.2, 0.25) is 5.91 Å². The van der Waals surface area contributed by atoms with Gasteiger partial charge in [0.25, 0.3) is 0 Å². The van der Waals surface area contributed by atoms with Crippen molar-refractivity contribution < 1.29 is 13.6 Å². The second-order valence-electron chi connectivity index (χ2n) is 6.29. The Kier molecular flexibility index (Phi) is 5.40. The van der Waals surface area contributed by atoms with E-state index in [9.17, 15) is 13.6 Å². The van der Waals surface area contributed by atoms with Crippen LogP contribution in [0.5, 0.6) is 0 Å². The Bertz CT molecular complexity index is 541. The number of nitrogens with one attached hydrogen (secondary N) is 1. The minimum atomic E-state index is -1.00. The molecule has 0 saturated heterocycles. The lowest BCUT2D eigenvalue weighted by Crippen LogP contribution is -2.48. The van der Waals surface area contributed by atoms with Crippen LogP contribution in [0.4, 0.5) is 14.5 Å². The van der Waals surface area contributed by atoms with Crippen molar-refractivity contribution in [1.82, 2.24) is 0 Å². The van der Waals surface area contributed by atoms with Crippen LogP contribution in [0.25, 0.3) is 0 Å². The zero-order valence-corrected chi connectivity index (χ0v) is 13.0. The lowest BCUT2D eigenvalue weighted by molar-refractivity contribution is -0.122. The third-order valence-electron chi connectivity index (χ3n) is 4.99. The minimum Gasteiger partial charge on any atom is -0.327 e. The fraction of sp³-hybridized carbons (Fsp3) is 0.562. The van der Waals surface area contributed by atoms with Crippen LogP contribution >= 0.6 is 12.4 Å². The van der Waals surface area contributed by atoms with Gasteiger partial charge in [0, 0.05) is 12.0 Å². The van der Waals surface area contributed by atoms with Gasteiger partial charge in [-0.15, -0.1) is 12.4 Å². The molecule has 122 valence electrons. The molecular weight excluding hydrogens is 310 g/mol. The largest absolute Gasteiger partial charge is 0.327 e. The van der Waals surface area contributed by atoms with E-state index in [4.69, 9.17) is 5.73 Å². The molecule has 3 N–H and O–H groups in total. The highest BCUT2D eigenvalue weighted by Gasteiger charge is 2.40. The molecule has 0 heterocycles. The summed E-state index contributed by atoms with van der Waals surface area (Å²) in [5.74, 6) is -1.56. The smallest absolute Gasteiger partial charge is 0.227 e. The first-order chi connectivity index (χ1) is 10.1. The van der Waals surface area contributed by atoms with Gasteiger partial charge in [-0.25, -0.2) is 8.78 Å². The van der Waals surface area contributed by atoms with Gasteiger partial charge in [0.1, 0.15) is 0 Å². The van der Waals surface area contributed by atoms with Crippen LogP contribution < -0.4 is 11.1 Å². The number of halogens is 3. The summed E-state index contributed by atoms with van der Waals surface area (Å²) in [7, 11) is 0. The maximum absolute atomic E-state index is 13.6. The zero-order chi connectivity index (χ0) is 15.0. The van der Waals surface area contributed by atoms with Crippen LogP contribution in [0, 0.1) is 29.4 Å². The molecule has 2 saturated carbocycles. The summed E-state index contributed by atoms with van der Waals surface area (Å²) in [6.45, 7) is 0. The van der Waals surface area contributed by atoms with E-state index in [1.54, 1.807) is 0 Å². The fourth-order valence-corrected chi connectivity index (χ4v) is 3.84. The van der Waals surface area contributed by atoms with E-state index in [1.165, 1.54) is 18.6 Å². The number of hydrogen-bond donors (Lipinski definition) is 2. The van der Waals surface area contributed by atoms with Gasteiger partial charge in [-0.05, 0) is 49.7 Å². The van der Waals surface area contributed by atoms with Gasteiger partial charge >= 0.3 is 0 Å². The molecule has 2 unspecified atom stereocenters. The van der Waals surface area contributed by atoms with Crippen molar-refractivity contribution >= 4 is 24.0 Å². The zero-order valence-electron chi connectivity index (χ0n) is 12.2. The molecule has 0 aliphatic heterocycles. The number of fused-ring (bicyclic) bond motifs is 2. The van der Waals surface area contributed by atoms with Crippen LogP contribution in [0.15, 0.2) is 18.2 Å². The minimum absolute atomic E-state index is 0. The molecule has 2 atom stereocenters. The Balaban J connectivity index is 0.00000176. The molecule has 0 spiro atoms. The molecule has 0 aromatic heterocycles. The highest BCUT2D eigenvalue weighted by molar-refractivity contribution is 5.92. The van der Waals surface area contributed by atoms with E-state index in [-0.39, 0.29) is 36.0 Å². The summed E-state index contributed by atoms with van der Waals surface area (Å²) in [4.78, 5) is 12.3. The normalized spacial score (nSPS) is 30.3. The summed E-state index contributed by atoms with van der Waals surface area (Å²) >= 11 is 0. The predicted molar refractivity (Wildman–Crippen MR) is 83.8 cm³/mol. The standard InChI is InChI=1S/C16H20F2N2O.ClH/c17-12-5-2-6-13(14(12)18)20-16(21)11-7-9-3-1-4-10(8-11)15(9)19;/h2,5-6,9-11,15H,1,3-4,7-8,19H2,(H,20,21);1H. The third-order valence-corrected chi connectivity index (χ3v) is 4.99. The predicted octanol–water partition coefficient (Wildman–Crippen LogP) is 3.48. The number of nitrogens with two attached hydrogens (primary N) is 1. The van der Waals surface area contributed by atoms with E-state index >= 15 is 0 Å². The molecule has 0 radical (unpaired) electrons. The van der Waals surface area contributed by atoms with Gasteiger partial charge in [-0.2, -0.15) is 0 Å². The van der Waals surface area contributed by atoms with Crippen molar-refractivity contribution in [3.8, 4) is 0 Å². The first-order valence-electron chi connectivity index (χ1n) is 7.56. The van der Waals surface area contributed by atoms with Gasteiger partial charge < -0.3 is 11.1 Å². The number of carbonyl (C=O) groups excluding carboxylic acids is 1. The Morgan fingerprint density at radius 3 is 2.45 bits per heavy atom. The van der Waals surface area contributed by atoms with Crippen LogP contribution in [0.1, 0.15) is 32.1 Å². The van der Waals surface area contributed by atoms with Gasteiger partial charge in [-0.3, -0.25) is 4.79 Å². The molecule has 2 bridgehead atoms. The van der Waals surface area contributed by atoms with Crippen molar-refractivity contribution in [2.45, 2.75) is 38.1 Å². The Labute approximate surface area is 135 Å². The van der Waals surface area contributed by atoms with E-state index in [2.05, 4.69) is 5.32 Å². The number of amides is 1. The van der Waals surface area contributed by atoms with Crippen molar-refractivity contribution in [3.05, 3.63) is 29.8 Å². The van der Waals surface area contributed by atoms with Crippen molar-refractivity contribution in [2.24, 2.45) is 23.5 Å². The molecule has 3 nitrogen and oxygen atoms in total. The number of hydrogen-bond acceptors (Lipinski definition) is 2. The molecule has 3 rings (SSSR count). The maximum Gasteiger partial charge on any atom is 0.227 e. The van der Waals surface area contributed by atoms with Gasteiger partial charge in [-0.1, -0.05) is 12.5 Å². The second kappa shape index (κ2) is 6.92. The lowest BCUT2D eigenvalue weighted by Gasteiger charge is -2.43. The monoisotopic (exact) mass is 330 g/mol. The number of benzene rings is 1. The number of anilines is 1. The average Bonchev–Trinajstić information content (AvgIpc) is 2.43. The van der Waals surface area contributed by atoms with Crippen molar-refractivity contribution in [1.29, 1.82) is 0 Å². The quantitative estimate of drug-likeness (QED) is 0.872. The van der Waals surface area contributed by atoms with Crippen molar-refractivity contribution in [3.63, 3.8) is 0 Å². The summed E-state index contributed by atoms with van der Waals surface area (Å²) in [5.41, 5.74) is 6.12. The second-order valence-corrected chi connectivity index (χ2v) is 6.29.